The Morgan fingerprint density at radius 1 is 1.04 bits per heavy atom. The van der Waals surface area contributed by atoms with Crippen molar-refractivity contribution in [2.45, 2.75) is 50.2 Å². The first-order chi connectivity index (χ1) is 13.0. The Morgan fingerprint density at radius 2 is 1.70 bits per heavy atom. The number of fused-ring (bicyclic) bond motifs is 2. The molecule has 3 aliphatic rings. The van der Waals surface area contributed by atoms with E-state index in [9.17, 15) is 9.59 Å². The maximum Gasteiger partial charge on any atom is 0.261 e. The molecule has 5 rings (SSSR count). The molecular weight excluding hydrogens is 406 g/mol. The summed E-state index contributed by atoms with van der Waals surface area (Å²) in [6.45, 7) is 0. The zero-order valence-corrected chi connectivity index (χ0v) is 16.8. The van der Waals surface area contributed by atoms with Crippen LogP contribution in [0.3, 0.4) is 0 Å². The van der Waals surface area contributed by atoms with E-state index in [1.165, 1.54) is 11.3 Å². The number of carbonyl (C=O) groups is 2. The summed E-state index contributed by atoms with van der Waals surface area (Å²) in [5.74, 6) is -0.357. The molecule has 0 aromatic heterocycles. The topological polar surface area (TPSA) is 66.6 Å². The molecule has 6 heteroatoms. The smallest absolute Gasteiger partial charge is 0.261 e. The van der Waals surface area contributed by atoms with Gasteiger partial charge in [0.25, 0.3) is 11.8 Å². The third kappa shape index (κ3) is 2.39. The van der Waals surface area contributed by atoms with E-state index in [1.807, 2.05) is 18.2 Å². The number of nitrogen functional groups attached to an aromatic ring is 1. The second-order valence-electron chi connectivity index (χ2n) is 8.06. The third-order valence-electron chi connectivity index (χ3n) is 6.73. The number of halogens is 1. The van der Waals surface area contributed by atoms with Crippen LogP contribution in [0.1, 0.15) is 52.8 Å². The molecule has 3 atom stereocenters. The number of piperidine rings is 2. The van der Waals surface area contributed by atoms with Crippen LogP contribution in [0.15, 0.2) is 28.7 Å². The number of anilines is 1. The Hall–Kier alpha value is -1.92. The number of amides is 2. The number of rotatable bonds is 1. The number of hydrogen-bond acceptors (Lipinski definition) is 4. The normalized spacial score (nSPS) is 28.1. The first-order valence-corrected chi connectivity index (χ1v) is 10.4. The minimum Gasteiger partial charge on any atom is -0.397 e. The maximum atomic E-state index is 13.4. The van der Waals surface area contributed by atoms with Gasteiger partial charge in [0.05, 0.1) is 5.69 Å². The summed E-state index contributed by atoms with van der Waals surface area (Å²) >= 11 is 3.48. The molecule has 3 heterocycles. The second kappa shape index (κ2) is 6.04. The Morgan fingerprint density at radius 3 is 2.41 bits per heavy atom. The van der Waals surface area contributed by atoms with Gasteiger partial charge in [0.1, 0.15) is 0 Å². The quantitative estimate of drug-likeness (QED) is 0.555. The summed E-state index contributed by atoms with van der Waals surface area (Å²) in [6.07, 6.45) is 5.27. The van der Waals surface area contributed by atoms with Crippen LogP contribution in [0, 0.1) is 0 Å². The fourth-order valence-electron chi connectivity index (χ4n) is 5.30. The minimum atomic E-state index is -0.183. The van der Waals surface area contributed by atoms with Gasteiger partial charge in [-0.15, -0.1) is 0 Å². The van der Waals surface area contributed by atoms with E-state index in [2.05, 4.69) is 27.9 Å². The predicted molar refractivity (Wildman–Crippen MR) is 109 cm³/mol. The summed E-state index contributed by atoms with van der Waals surface area (Å²) < 4.78 is 0.699. The van der Waals surface area contributed by atoms with E-state index in [1.54, 1.807) is 6.07 Å². The van der Waals surface area contributed by atoms with Gasteiger partial charge in [-0.3, -0.25) is 14.5 Å². The highest BCUT2D eigenvalue weighted by atomic mass is 79.9. The van der Waals surface area contributed by atoms with Crippen molar-refractivity contribution >= 4 is 44.2 Å². The summed E-state index contributed by atoms with van der Waals surface area (Å²) in [6, 6.07) is 8.20. The van der Waals surface area contributed by atoms with Gasteiger partial charge in [-0.25, -0.2) is 0 Å². The molecule has 27 heavy (non-hydrogen) atoms. The third-order valence-corrected chi connectivity index (χ3v) is 7.39. The standard InChI is InChI=1S/C21H22BrN3O2/c1-24-11-4-2-5-12(24)9-13(8-11)25-20(26)15-7-3-6-14-18(15)16(21(25)27)10-17(22)19(14)23/h3,6-7,10-13H,2,4-5,8-9,23H2,1H3/t11-,12+,13+. The van der Waals surface area contributed by atoms with Crippen molar-refractivity contribution in [1.82, 2.24) is 9.80 Å². The van der Waals surface area contributed by atoms with E-state index in [4.69, 9.17) is 5.73 Å². The monoisotopic (exact) mass is 427 g/mol. The highest BCUT2D eigenvalue weighted by Gasteiger charge is 2.44. The highest BCUT2D eigenvalue weighted by Crippen LogP contribution is 2.41. The van der Waals surface area contributed by atoms with Crippen LogP contribution in [0.5, 0.6) is 0 Å². The van der Waals surface area contributed by atoms with Crippen molar-refractivity contribution in [3.63, 3.8) is 0 Å². The molecule has 0 saturated carbocycles. The van der Waals surface area contributed by atoms with Crippen LogP contribution in [0.4, 0.5) is 5.69 Å². The van der Waals surface area contributed by atoms with Crippen molar-refractivity contribution in [1.29, 1.82) is 0 Å². The largest absolute Gasteiger partial charge is 0.397 e. The first-order valence-electron chi connectivity index (χ1n) is 9.58. The average Bonchev–Trinajstić information content (AvgIpc) is 2.64. The number of nitrogens with zero attached hydrogens (tertiary/aromatic N) is 2. The van der Waals surface area contributed by atoms with Crippen molar-refractivity contribution in [3.8, 4) is 0 Å². The molecule has 2 saturated heterocycles. The molecule has 0 spiro atoms. The zero-order valence-electron chi connectivity index (χ0n) is 15.2. The Kier molecular flexibility index (Phi) is 3.85. The number of nitrogens with two attached hydrogens (primary N) is 1. The fraction of sp³-hybridized carbons (Fsp3) is 0.429. The lowest BCUT2D eigenvalue weighted by Gasteiger charge is -2.49. The van der Waals surface area contributed by atoms with Crippen LogP contribution >= 0.6 is 15.9 Å². The molecule has 140 valence electrons. The van der Waals surface area contributed by atoms with Crippen molar-refractivity contribution in [3.05, 3.63) is 39.9 Å². The number of hydrogen-bond donors (Lipinski definition) is 1. The Labute approximate surface area is 166 Å². The molecule has 2 fully saturated rings. The molecule has 2 N–H and O–H groups in total. The van der Waals surface area contributed by atoms with Crippen LogP contribution < -0.4 is 5.73 Å². The molecule has 5 nitrogen and oxygen atoms in total. The molecular formula is C21H22BrN3O2. The maximum absolute atomic E-state index is 13.4. The van der Waals surface area contributed by atoms with Crippen LogP contribution in [-0.2, 0) is 0 Å². The molecule has 2 bridgehead atoms. The van der Waals surface area contributed by atoms with Crippen molar-refractivity contribution in [2.24, 2.45) is 0 Å². The Balaban J connectivity index is 1.62. The number of imide groups is 1. The number of benzene rings is 2. The zero-order chi connectivity index (χ0) is 18.9. The predicted octanol–water partition coefficient (Wildman–Crippen LogP) is 3.80. The summed E-state index contributed by atoms with van der Waals surface area (Å²) in [4.78, 5) is 30.7. The van der Waals surface area contributed by atoms with Gasteiger partial charge in [0.15, 0.2) is 0 Å². The van der Waals surface area contributed by atoms with Gasteiger partial charge in [-0.1, -0.05) is 18.6 Å². The minimum absolute atomic E-state index is 0.0313. The van der Waals surface area contributed by atoms with Gasteiger partial charge < -0.3 is 10.6 Å². The molecule has 2 aromatic carbocycles. The van der Waals surface area contributed by atoms with Crippen molar-refractivity contribution < 1.29 is 9.59 Å². The van der Waals surface area contributed by atoms with E-state index in [-0.39, 0.29) is 17.9 Å². The van der Waals surface area contributed by atoms with Crippen LogP contribution in [0.25, 0.3) is 10.8 Å². The molecule has 2 aromatic rings. The second-order valence-corrected chi connectivity index (χ2v) is 8.91. The van der Waals surface area contributed by atoms with Gasteiger partial charge in [-0.05, 0) is 60.8 Å². The van der Waals surface area contributed by atoms with E-state index in [0.29, 0.717) is 38.8 Å². The summed E-state index contributed by atoms with van der Waals surface area (Å²) in [5, 5.41) is 1.45. The lowest BCUT2D eigenvalue weighted by Crippen LogP contribution is -2.58. The molecule has 0 radical (unpaired) electrons. The molecule has 3 aliphatic heterocycles. The highest BCUT2D eigenvalue weighted by molar-refractivity contribution is 9.10. The fourth-order valence-corrected chi connectivity index (χ4v) is 5.74. The van der Waals surface area contributed by atoms with E-state index < -0.39 is 0 Å². The van der Waals surface area contributed by atoms with Gasteiger partial charge in [-0.2, -0.15) is 0 Å². The number of carbonyl (C=O) groups excluding carboxylic acids is 2. The van der Waals surface area contributed by atoms with E-state index >= 15 is 0 Å². The SMILES string of the molecule is CN1[C@@H]2CCC[C@H]1C[C@@H](N1C(=O)c3cccc4c(N)c(Br)cc(c34)C1=O)C2. The van der Waals surface area contributed by atoms with E-state index in [0.717, 1.165) is 31.1 Å². The summed E-state index contributed by atoms with van der Waals surface area (Å²) in [5.41, 5.74) is 7.92. The molecule has 0 unspecified atom stereocenters. The molecule has 2 amide bonds. The van der Waals surface area contributed by atoms with Gasteiger partial charge in [0, 0.05) is 44.5 Å². The van der Waals surface area contributed by atoms with Crippen LogP contribution in [0.2, 0.25) is 0 Å². The molecule has 0 aliphatic carbocycles. The lowest BCUT2D eigenvalue weighted by atomic mass is 9.80. The van der Waals surface area contributed by atoms with Gasteiger partial charge >= 0.3 is 0 Å². The van der Waals surface area contributed by atoms with Gasteiger partial charge in [0.2, 0.25) is 0 Å². The average molecular weight is 428 g/mol. The Bertz CT molecular complexity index is 975. The first kappa shape index (κ1) is 17.2. The van der Waals surface area contributed by atoms with Crippen molar-refractivity contribution in [2.75, 3.05) is 12.8 Å². The van der Waals surface area contributed by atoms with Crippen LogP contribution in [-0.4, -0.2) is 46.8 Å². The lowest BCUT2D eigenvalue weighted by molar-refractivity contribution is 0.0108. The summed E-state index contributed by atoms with van der Waals surface area (Å²) in [7, 11) is 2.18.